The highest BCUT2D eigenvalue weighted by Crippen LogP contribution is 2.13. The van der Waals surface area contributed by atoms with Crippen molar-refractivity contribution in [2.75, 3.05) is 26.2 Å². The van der Waals surface area contributed by atoms with Gasteiger partial charge >= 0.3 is 0 Å². The van der Waals surface area contributed by atoms with Crippen LogP contribution < -0.4 is 10.6 Å². The Balaban J connectivity index is 1.44. The van der Waals surface area contributed by atoms with Crippen molar-refractivity contribution < 1.29 is 0 Å². The molecule has 0 amide bonds. The maximum atomic E-state index is 4.80. The van der Waals surface area contributed by atoms with Crippen LogP contribution in [0.1, 0.15) is 43.5 Å². The number of nitrogens with zero attached hydrogens (tertiary/aromatic N) is 3. The summed E-state index contributed by atoms with van der Waals surface area (Å²) in [6, 6.07) is 15.5. The highest BCUT2D eigenvalue weighted by molar-refractivity contribution is 5.80. The van der Waals surface area contributed by atoms with Crippen LogP contribution in [-0.2, 0) is 19.4 Å². The lowest BCUT2D eigenvalue weighted by atomic mass is 10.0. The van der Waals surface area contributed by atoms with E-state index < -0.39 is 0 Å². The van der Waals surface area contributed by atoms with Crippen LogP contribution in [0.15, 0.2) is 53.7 Å². The second kappa shape index (κ2) is 11.6. The van der Waals surface area contributed by atoms with Crippen LogP contribution in [0.3, 0.4) is 0 Å². The maximum absolute atomic E-state index is 4.80. The average Bonchev–Trinajstić information content (AvgIpc) is 2.76. The topological polar surface area (TPSA) is 52.6 Å². The summed E-state index contributed by atoms with van der Waals surface area (Å²) in [4.78, 5) is 11.7. The predicted molar refractivity (Wildman–Crippen MR) is 121 cm³/mol. The summed E-state index contributed by atoms with van der Waals surface area (Å²) in [5, 5.41) is 7.04. The van der Waals surface area contributed by atoms with Crippen LogP contribution in [0.4, 0.5) is 0 Å². The molecule has 0 aliphatic carbocycles. The normalized spacial score (nSPS) is 16.0. The summed E-state index contributed by atoms with van der Waals surface area (Å²) in [6.45, 7) is 9.13. The van der Waals surface area contributed by atoms with Gasteiger partial charge in [0.15, 0.2) is 5.96 Å². The van der Waals surface area contributed by atoms with Crippen molar-refractivity contribution >= 4 is 5.96 Å². The van der Waals surface area contributed by atoms with Gasteiger partial charge in [0.2, 0.25) is 0 Å². The van der Waals surface area contributed by atoms with Crippen molar-refractivity contribution in [3.8, 4) is 0 Å². The Hall–Kier alpha value is -2.40. The third-order valence-corrected chi connectivity index (χ3v) is 5.49. The first-order valence-corrected chi connectivity index (χ1v) is 11.0. The average molecular weight is 394 g/mol. The predicted octanol–water partition coefficient (Wildman–Crippen LogP) is 3.41. The third kappa shape index (κ3) is 7.17. The van der Waals surface area contributed by atoms with E-state index >= 15 is 0 Å². The van der Waals surface area contributed by atoms with Crippen LogP contribution in [0.5, 0.6) is 0 Å². The molecule has 2 aromatic rings. The lowest BCUT2D eigenvalue weighted by Gasteiger charge is -2.32. The molecule has 3 rings (SSSR count). The number of pyridine rings is 1. The molecule has 1 aliphatic rings. The quantitative estimate of drug-likeness (QED) is 0.533. The van der Waals surface area contributed by atoms with Gasteiger partial charge in [-0.3, -0.25) is 14.9 Å². The number of rotatable bonds is 8. The van der Waals surface area contributed by atoms with Crippen LogP contribution in [0.2, 0.25) is 0 Å². The van der Waals surface area contributed by atoms with E-state index in [4.69, 9.17) is 4.99 Å². The lowest BCUT2D eigenvalue weighted by molar-refractivity contribution is 0.196. The number of guanidine groups is 1. The fourth-order valence-corrected chi connectivity index (χ4v) is 3.71. The van der Waals surface area contributed by atoms with Crippen molar-refractivity contribution in [1.29, 1.82) is 0 Å². The first-order chi connectivity index (χ1) is 14.3. The van der Waals surface area contributed by atoms with Crippen molar-refractivity contribution in [1.82, 2.24) is 20.5 Å². The monoisotopic (exact) mass is 393 g/mol. The second-order valence-corrected chi connectivity index (χ2v) is 7.70. The van der Waals surface area contributed by atoms with Crippen LogP contribution in [0.25, 0.3) is 0 Å². The van der Waals surface area contributed by atoms with E-state index in [1.165, 1.54) is 11.1 Å². The summed E-state index contributed by atoms with van der Waals surface area (Å²) in [6.07, 6.45) is 6.21. The molecule has 0 bridgehead atoms. The van der Waals surface area contributed by atoms with E-state index in [9.17, 15) is 0 Å². The van der Waals surface area contributed by atoms with E-state index in [2.05, 4.69) is 70.8 Å². The summed E-state index contributed by atoms with van der Waals surface area (Å²) in [5.74, 6) is 0.945. The minimum atomic E-state index is 0.483. The molecule has 0 saturated carbocycles. The number of nitrogens with one attached hydrogen (secondary N) is 2. The van der Waals surface area contributed by atoms with Crippen molar-refractivity contribution in [2.45, 2.75) is 52.1 Å². The standard InChI is InChI=1S/C24H35N5/c1-3-20-8-10-21(11-9-20)12-16-27-24(25-4-2)28-22-13-17-29(18-14-22)19-23-7-5-6-15-26-23/h5-11,15,22H,3-4,12-14,16-19H2,1-2H3,(H2,25,27,28). The molecule has 1 aromatic heterocycles. The molecule has 29 heavy (non-hydrogen) atoms. The minimum absolute atomic E-state index is 0.483. The molecule has 2 heterocycles. The Morgan fingerprint density at radius 2 is 1.83 bits per heavy atom. The Kier molecular flexibility index (Phi) is 8.50. The second-order valence-electron chi connectivity index (χ2n) is 7.70. The molecule has 156 valence electrons. The Morgan fingerprint density at radius 3 is 2.48 bits per heavy atom. The van der Waals surface area contributed by atoms with Crippen LogP contribution >= 0.6 is 0 Å². The van der Waals surface area contributed by atoms with Gasteiger partial charge in [-0.15, -0.1) is 0 Å². The summed E-state index contributed by atoms with van der Waals surface area (Å²) in [5.41, 5.74) is 3.90. The van der Waals surface area contributed by atoms with E-state index in [0.29, 0.717) is 6.04 Å². The number of aryl methyl sites for hydroxylation is 1. The zero-order valence-corrected chi connectivity index (χ0v) is 17.9. The van der Waals surface area contributed by atoms with E-state index in [1.54, 1.807) is 0 Å². The smallest absolute Gasteiger partial charge is 0.191 e. The van der Waals surface area contributed by atoms with Gasteiger partial charge in [0.25, 0.3) is 0 Å². The summed E-state index contributed by atoms with van der Waals surface area (Å²) >= 11 is 0. The maximum Gasteiger partial charge on any atom is 0.191 e. The molecule has 1 aromatic carbocycles. The highest BCUT2D eigenvalue weighted by atomic mass is 15.2. The van der Waals surface area contributed by atoms with Crippen LogP contribution in [-0.4, -0.2) is 48.1 Å². The van der Waals surface area contributed by atoms with Gasteiger partial charge in [-0.05, 0) is 55.9 Å². The number of benzene rings is 1. The number of hydrogen-bond donors (Lipinski definition) is 2. The van der Waals surface area contributed by atoms with Gasteiger partial charge in [-0.1, -0.05) is 37.3 Å². The molecular weight excluding hydrogens is 358 g/mol. The number of aromatic nitrogens is 1. The van der Waals surface area contributed by atoms with Gasteiger partial charge in [-0.2, -0.15) is 0 Å². The van der Waals surface area contributed by atoms with E-state index in [1.807, 2.05) is 12.3 Å². The summed E-state index contributed by atoms with van der Waals surface area (Å²) < 4.78 is 0. The Labute approximate surface area is 175 Å². The first-order valence-electron chi connectivity index (χ1n) is 11.0. The van der Waals surface area contributed by atoms with Gasteiger partial charge in [-0.25, -0.2) is 0 Å². The van der Waals surface area contributed by atoms with Gasteiger partial charge < -0.3 is 10.6 Å². The van der Waals surface area contributed by atoms with E-state index in [-0.39, 0.29) is 0 Å². The molecular formula is C24H35N5. The number of piperidine rings is 1. The fraction of sp³-hybridized carbons (Fsp3) is 0.500. The minimum Gasteiger partial charge on any atom is -0.357 e. The van der Waals surface area contributed by atoms with E-state index in [0.717, 1.165) is 70.1 Å². The zero-order valence-electron chi connectivity index (χ0n) is 17.9. The van der Waals surface area contributed by atoms with Gasteiger partial charge in [0.1, 0.15) is 0 Å². The van der Waals surface area contributed by atoms with Crippen molar-refractivity contribution in [3.05, 3.63) is 65.5 Å². The molecule has 2 N–H and O–H groups in total. The molecule has 0 spiro atoms. The Morgan fingerprint density at radius 1 is 1.07 bits per heavy atom. The lowest BCUT2D eigenvalue weighted by Crippen LogP contribution is -2.48. The number of hydrogen-bond acceptors (Lipinski definition) is 3. The van der Waals surface area contributed by atoms with Crippen LogP contribution in [0, 0.1) is 0 Å². The molecule has 5 heteroatoms. The third-order valence-electron chi connectivity index (χ3n) is 5.49. The number of likely N-dealkylation sites (tertiary alicyclic amines) is 1. The molecule has 1 fully saturated rings. The van der Waals surface area contributed by atoms with Gasteiger partial charge in [0, 0.05) is 45.0 Å². The number of aliphatic imine (C=N–C) groups is 1. The van der Waals surface area contributed by atoms with Crippen molar-refractivity contribution in [2.24, 2.45) is 4.99 Å². The molecule has 5 nitrogen and oxygen atoms in total. The zero-order chi connectivity index (χ0) is 20.3. The molecule has 1 aliphatic heterocycles. The first kappa shape index (κ1) is 21.3. The van der Waals surface area contributed by atoms with Gasteiger partial charge in [0.05, 0.1) is 5.69 Å². The summed E-state index contributed by atoms with van der Waals surface area (Å²) in [7, 11) is 0. The fourth-order valence-electron chi connectivity index (χ4n) is 3.71. The largest absolute Gasteiger partial charge is 0.357 e. The highest BCUT2D eigenvalue weighted by Gasteiger charge is 2.20. The van der Waals surface area contributed by atoms with Crippen molar-refractivity contribution in [3.63, 3.8) is 0 Å². The molecule has 0 radical (unpaired) electrons. The SMILES string of the molecule is CCNC(=NCCc1ccc(CC)cc1)NC1CCN(Cc2ccccn2)CC1. The molecule has 0 unspecified atom stereocenters. The Bertz CT molecular complexity index is 734. The molecule has 1 saturated heterocycles. The molecule has 0 atom stereocenters.